The van der Waals surface area contributed by atoms with Crippen LogP contribution in [0.4, 0.5) is 0 Å². The fraction of sp³-hybridized carbons (Fsp3) is 0.231. The minimum absolute atomic E-state index is 0.247. The first kappa shape index (κ1) is 14.7. The first-order chi connectivity index (χ1) is 9.58. The molecule has 0 radical (unpaired) electrons. The largest absolute Gasteiger partial charge is 0.496 e. The lowest BCUT2D eigenvalue weighted by Crippen LogP contribution is -1.97. The third-order valence-corrected chi connectivity index (χ3v) is 3.00. The van der Waals surface area contributed by atoms with Gasteiger partial charge in [-0.1, -0.05) is 23.2 Å². The molecule has 0 aliphatic carbocycles. The Balaban J connectivity index is 2.65. The lowest BCUT2D eigenvalue weighted by molar-refractivity contribution is 0.349. The van der Waals surface area contributed by atoms with Gasteiger partial charge < -0.3 is 14.2 Å². The quantitative estimate of drug-likeness (QED) is 0.809. The minimum Gasteiger partial charge on any atom is -0.496 e. The molecule has 0 atom stereocenters. The topological polar surface area (TPSA) is 53.5 Å². The minimum atomic E-state index is 0.247. The van der Waals surface area contributed by atoms with E-state index in [4.69, 9.17) is 37.4 Å². The van der Waals surface area contributed by atoms with Crippen molar-refractivity contribution in [2.24, 2.45) is 0 Å². The van der Waals surface area contributed by atoms with Gasteiger partial charge in [0.1, 0.15) is 16.1 Å². The van der Waals surface area contributed by atoms with Crippen molar-refractivity contribution in [2.45, 2.75) is 0 Å². The molecule has 1 aromatic carbocycles. The van der Waals surface area contributed by atoms with Crippen molar-refractivity contribution in [3.05, 3.63) is 28.5 Å². The Morgan fingerprint density at radius 1 is 0.750 bits per heavy atom. The van der Waals surface area contributed by atoms with Crippen LogP contribution in [-0.4, -0.2) is 31.3 Å². The molecule has 0 spiro atoms. The number of aromatic nitrogens is 2. The Morgan fingerprint density at radius 3 is 1.75 bits per heavy atom. The van der Waals surface area contributed by atoms with Crippen molar-refractivity contribution >= 4 is 23.2 Å². The summed E-state index contributed by atoms with van der Waals surface area (Å²) in [5.41, 5.74) is 0.606. The van der Waals surface area contributed by atoms with Gasteiger partial charge in [-0.05, 0) is 6.07 Å². The third kappa shape index (κ3) is 2.89. The van der Waals surface area contributed by atoms with E-state index in [1.165, 1.54) is 13.2 Å². The van der Waals surface area contributed by atoms with Gasteiger partial charge in [0.05, 0.1) is 26.9 Å². The number of nitrogens with zero attached hydrogens (tertiary/aromatic N) is 2. The van der Waals surface area contributed by atoms with Gasteiger partial charge in [0, 0.05) is 12.1 Å². The number of hydrogen-bond donors (Lipinski definition) is 0. The van der Waals surface area contributed by atoms with E-state index >= 15 is 0 Å². The Kier molecular flexibility index (Phi) is 4.52. The van der Waals surface area contributed by atoms with E-state index in [1.807, 2.05) is 0 Å². The van der Waals surface area contributed by atoms with Gasteiger partial charge in [-0.15, -0.1) is 0 Å². The van der Waals surface area contributed by atoms with Gasteiger partial charge in [0.25, 0.3) is 0 Å². The van der Waals surface area contributed by atoms with Crippen LogP contribution < -0.4 is 14.2 Å². The van der Waals surface area contributed by atoms with Crippen LogP contribution in [-0.2, 0) is 0 Å². The maximum atomic E-state index is 5.90. The van der Waals surface area contributed by atoms with Crippen molar-refractivity contribution < 1.29 is 14.2 Å². The predicted octanol–water partition coefficient (Wildman–Crippen LogP) is 3.48. The number of hydrogen-bond acceptors (Lipinski definition) is 5. The molecule has 106 valence electrons. The molecule has 5 nitrogen and oxygen atoms in total. The molecule has 2 rings (SSSR count). The zero-order chi connectivity index (χ0) is 14.7. The maximum Gasteiger partial charge on any atom is 0.166 e. The van der Waals surface area contributed by atoms with Gasteiger partial charge in [-0.3, -0.25) is 0 Å². The summed E-state index contributed by atoms with van der Waals surface area (Å²) >= 11 is 11.8. The second kappa shape index (κ2) is 6.15. The van der Waals surface area contributed by atoms with Crippen molar-refractivity contribution in [1.29, 1.82) is 0 Å². The second-order valence-electron chi connectivity index (χ2n) is 3.74. The number of ether oxygens (including phenoxy) is 3. The third-order valence-electron chi connectivity index (χ3n) is 2.61. The molecule has 0 aliphatic rings. The molecule has 2 aromatic rings. The molecule has 0 aliphatic heterocycles. The van der Waals surface area contributed by atoms with E-state index in [9.17, 15) is 0 Å². The van der Waals surface area contributed by atoms with Crippen LogP contribution in [0.1, 0.15) is 0 Å². The highest BCUT2D eigenvalue weighted by molar-refractivity contribution is 6.33. The highest BCUT2D eigenvalue weighted by Crippen LogP contribution is 2.39. The maximum absolute atomic E-state index is 5.90. The molecule has 1 aromatic heterocycles. The normalized spacial score (nSPS) is 10.2. The highest BCUT2D eigenvalue weighted by atomic mass is 35.5. The summed E-state index contributed by atoms with van der Waals surface area (Å²) in [6, 6.07) is 4.85. The van der Waals surface area contributed by atoms with E-state index < -0.39 is 0 Å². The average molecular weight is 315 g/mol. The fourth-order valence-corrected chi connectivity index (χ4v) is 2.14. The molecule has 0 amide bonds. The van der Waals surface area contributed by atoms with E-state index in [0.717, 1.165) is 0 Å². The summed E-state index contributed by atoms with van der Waals surface area (Å²) in [5.74, 6) is 1.95. The Morgan fingerprint density at radius 2 is 1.25 bits per heavy atom. The fourth-order valence-electron chi connectivity index (χ4n) is 1.71. The zero-order valence-electron chi connectivity index (χ0n) is 11.1. The van der Waals surface area contributed by atoms with Crippen molar-refractivity contribution in [2.75, 3.05) is 21.3 Å². The molecule has 0 bridgehead atoms. The van der Waals surface area contributed by atoms with Crippen molar-refractivity contribution in [3.8, 4) is 28.6 Å². The zero-order valence-corrected chi connectivity index (χ0v) is 12.6. The standard InChI is InChI=1S/C13H12Cl2N2O3/c1-18-8-5-10(20-3)9(19-2)4-7(8)13-16-11(14)6-12(15)17-13/h4-6H,1-3H3. The molecule has 1 heterocycles. The van der Waals surface area contributed by atoms with E-state index in [2.05, 4.69) is 9.97 Å². The first-order valence-electron chi connectivity index (χ1n) is 5.59. The summed E-state index contributed by atoms with van der Waals surface area (Å²) in [5, 5.41) is 0.494. The number of benzene rings is 1. The molecule has 0 fully saturated rings. The Hall–Kier alpha value is -1.72. The summed E-state index contributed by atoms with van der Waals surface area (Å²) in [6.45, 7) is 0. The van der Waals surface area contributed by atoms with Crippen LogP contribution in [0, 0.1) is 0 Å². The van der Waals surface area contributed by atoms with Gasteiger partial charge in [0.2, 0.25) is 0 Å². The number of methoxy groups -OCH3 is 3. The second-order valence-corrected chi connectivity index (χ2v) is 4.52. The lowest BCUT2D eigenvalue weighted by atomic mass is 10.1. The predicted molar refractivity (Wildman–Crippen MR) is 77.1 cm³/mol. The molecular weight excluding hydrogens is 303 g/mol. The highest BCUT2D eigenvalue weighted by Gasteiger charge is 2.16. The van der Waals surface area contributed by atoms with E-state index in [1.54, 1.807) is 26.4 Å². The summed E-state index contributed by atoms with van der Waals surface area (Å²) in [6.07, 6.45) is 0. The molecule has 0 saturated carbocycles. The summed E-state index contributed by atoms with van der Waals surface area (Å²) in [7, 11) is 4.63. The van der Waals surface area contributed by atoms with Crippen LogP contribution in [0.2, 0.25) is 10.3 Å². The average Bonchev–Trinajstić information content (AvgIpc) is 2.44. The van der Waals surface area contributed by atoms with Crippen LogP contribution in [0.15, 0.2) is 18.2 Å². The molecular formula is C13H12Cl2N2O3. The van der Waals surface area contributed by atoms with Crippen LogP contribution in [0.25, 0.3) is 11.4 Å². The monoisotopic (exact) mass is 314 g/mol. The van der Waals surface area contributed by atoms with Gasteiger partial charge >= 0.3 is 0 Å². The lowest BCUT2D eigenvalue weighted by Gasteiger charge is -2.13. The smallest absolute Gasteiger partial charge is 0.166 e. The Bertz CT molecular complexity index is 615. The van der Waals surface area contributed by atoms with Crippen LogP contribution in [0.5, 0.6) is 17.2 Å². The molecule has 7 heteroatoms. The van der Waals surface area contributed by atoms with Gasteiger partial charge in [0.15, 0.2) is 17.3 Å². The summed E-state index contributed by atoms with van der Waals surface area (Å²) < 4.78 is 15.8. The van der Waals surface area contributed by atoms with Crippen molar-refractivity contribution in [3.63, 3.8) is 0 Å². The molecule has 0 N–H and O–H groups in total. The van der Waals surface area contributed by atoms with Crippen molar-refractivity contribution in [1.82, 2.24) is 9.97 Å². The molecule has 0 saturated heterocycles. The summed E-state index contributed by atoms with van der Waals surface area (Å²) in [4.78, 5) is 8.27. The number of rotatable bonds is 4. The SMILES string of the molecule is COc1cc(OC)c(-c2nc(Cl)cc(Cl)n2)cc1OC. The van der Waals surface area contributed by atoms with Gasteiger partial charge in [-0.2, -0.15) is 0 Å². The molecule has 0 unspecified atom stereocenters. The van der Waals surface area contributed by atoms with Gasteiger partial charge in [-0.25, -0.2) is 9.97 Å². The van der Waals surface area contributed by atoms with Crippen LogP contribution in [0.3, 0.4) is 0 Å². The van der Waals surface area contributed by atoms with E-state index in [0.29, 0.717) is 28.6 Å². The van der Waals surface area contributed by atoms with Crippen LogP contribution >= 0.6 is 23.2 Å². The first-order valence-corrected chi connectivity index (χ1v) is 6.35. The number of halogens is 2. The Labute approximate surface area is 126 Å². The molecule has 20 heavy (non-hydrogen) atoms. The van der Waals surface area contributed by atoms with E-state index in [-0.39, 0.29) is 10.3 Å².